The van der Waals surface area contributed by atoms with E-state index in [0.29, 0.717) is 38.5 Å². The second-order valence-electron chi connectivity index (χ2n) is 9.60. The van der Waals surface area contributed by atoms with Crippen LogP contribution in [0.4, 0.5) is 4.39 Å². The first-order chi connectivity index (χ1) is 11.6. The van der Waals surface area contributed by atoms with Gasteiger partial charge in [-0.2, -0.15) is 0 Å². The molecule has 25 heavy (non-hydrogen) atoms. The topological polar surface area (TPSA) is 57.5 Å². The van der Waals surface area contributed by atoms with Crippen molar-refractivity contribution in [1.82, 2.24) is 0 Å². The molecular formula is C21H29FO3. The number of alkyl halides is 1. The van der Waals surface area contributed by atoms with Crippen molar-refractivity contribution < 1.29 is 19.4 Å². The van der Waals surface area contributed by atoms with Crippen molar-refractivity contribution in [2.45, 2.75) is 82.6 Å². The van der Waals surface area contributed by atoms with Crippen LogP contribution in [0.25, 0.3) is 0 Å². The molecule has 138 valence electrons. The Morgan fingerprint density at radius 2 is 1.88 bits per heavy atom. The summed E-state index contributed by atoms with van der Waals surface area (Å²) in [7, 11) is 0. The Balaban J connectivity index is 1.78. The Morgan fingerprint density at radius 3 is 2.56 bits per heavy atom. The number of aliphatic hydroxyl groups excluding tert-OH is 1. The van der Waals surface area contributed by atoms with E-state index in [9.17, 15) is 15.0 Å². The number of rotatable bonds is 0. The quantitative estimate of drug-likeness (QED) is 0.662. The van der Waals surface area contributed by atoms with Gasteiger partial charge in [0.1, 0.15) is 17.1 Å². The Bertz CT molecular complexity index is 656. The molecule has 4 aliphatic carbocycles. The van der Waals surface area contributed by atoms with Crippen molar-refractivity contribution >= 4 is 5.78 Å². The molecule has 0 unspecified atom stereocenters. The normalized spacial score (nSPS) is 58.0. The van der Waals surface area contributed by atoms with Crippen LogP contribution in [0.15, 0.2) is 0 Å². The van der Waals surface area contributed by atoms with Crippen molar-refractivity contribution in [3.05, 3.63) is 0 Å². The molecule has 0 aromatic heterocycles. The summed E-state index contributed by atoms with van der Waals surface area (Å²) in [6.45, 7) is 3.89. The lowest BCUT2D eigenvalue weighted by Gasteiger charge is -2.65. The van der Waals surface area contributed by atoms with Crippen LogP contribution in [0, 0.1) is 40.9 Å². The number of fused-ring (bicyclic) bond motifs is 5. The second kappa shape index (κ2) is 5.08. The molecule has 2 N–H and O–H groups in total. The van der Waals surface area contributed by atoms with E-state index in [0.717, 1.165) is 6.42 Å². The van der Waals surface area contributed by atoms with Gasteiger partial charge in [-0.05, 0) is 56.3 Å². The van der Waals surface area contributed by atoms with E-state index < -0.39 is 28.2 Å². The average Bonchev–Trinajstić information content (AvgIpc) is 2.82. The molecule has 0 aliphatic heterocycles. The molecule has 3 nitrogen and oxygen atoms in total. The van der Waals surface area contributed by atoms with Crippen LogP contribution in [0.2, 0.25) is 0 Å². The number of hydrogen-bond acceptors (Lipinski definition) is 3. The maximum absolute atomic E-state index is 16.7. The number of hydrogen-bond donors (Lipinski definition) is 2. The Kier molecular flexibility index (Phi) is 3.55. The van der Waals surface area contributed by atoms with Crippen LogP contribution >= 0.6 is 0 Å². The molecule has 4 heteroatoms. The molecule has 0 heterocycles. The minimum Gasteiger partial charge on any atom is -0.390 e. The molecule has 4 rings (SSSR count). The molecule has 8 atom stereocenters. The highest BCUT2D eigenvalue weighted by Gasteiger charge is 2.73. The van der Waals surface area contributed by atoms with Gasteiger partial charge in [0, 0.05) is 23.7 Å². The van der Waals surface area contributed by atoms with Gasteiger partial charge in [0.2, 0.25) is 0 Å². The van der Waals surface area contributed by atoms with Crippen molar-refractivity contribution in [2.24, 2.45) is 28.6 Å². The van der Waals surface area contributed by atoms with Gasteiger partial charge in [-0.3, -0.25) is 4.79 Å². The Hall–Kier alpha value is -0.920. The number of Topliss-reactive ketones (excluding diaryl/α,β-unsaturated/α-hetero) is 1. The van der Waals surface area contributed by atoms with Crippen molar-refractivity contribution in [3.63, 3.8) is 0 Å². The lowest BCUT2D eigenvalue weighted by molar-refractivity contribution is -0.250. The van der Waals surface area contributed by atoms with Gasteiger partial charge < -0.3 is 10.2 Å². The maximum atomic E-state index is 16.7. The summed E-state index contributed by atoms with van der Waals surface area (Å²) >= 11 is 0. The molecule has 4 fully saturated rings. The van der Waals surface area contributed by atoms with Gasteiger partial charge in [-0.15, -0.1) is 6.42 Å². The van der Waals surface area contributed by atoms with E-state index in [1.807, 2.05) is 13.8 Å². The fourth-order valence-electron chi connectivity index (χ4n) is 7.29. The third-order valence-corrected chi connectivity index (χ3v) is 8.95. The predicted octanol–water partition coefficient (Wildman–Crippen LogP) is 3.03. The fourth-order valence-corrected chi connectivity index (χ4v) is 7.29. The first-order valence-corrected chi connectivity index (χ1v) is 9.71. The van der Waals surface area contributed by atoms with Gasteiger partial charge >= 0.3 is 0 Å². The summed E-state index contributed by atoms with van der Waals surface area (Å²) < 4.78 is 16.7. The largest absolute Gasteiger partial charge is 0.390 e. The summed E-state index contributed by atoms with van der Waals surface area (Å²) in [5, 5.41) is 22.0. The number of aliphatic hydroxyl groups is 2. The van der Waals surface area contributed by atoms with Crippen LogP contribution in [0.5, 0.6) is 0 Å². The zero-order valence-corrected chi connectivity index (χ0v) is 15.2. The van der Waals surface area contributed by atoms with Gasteiger partial charge in [0.25, 0.3) is 0 Å². The Labute approximate surface area is 149 Å². The monoisotopic (exact) mass is 348 g/mol. The molecular weight excluding hydrogens is 319 g/mol. The highest BCUT2D eigenvalue weighted by molar-refractivity contribution is 5.79. The van der Waals surface area contributed by atoms with E-state index in [2.05, 4.69) is 5.92 Å². The second-order valence-corrected chi connectivity index (χ2v) is 9.60. The van der Waals surface area contributed by atoms with E-state index in [4.69, 9.17) is 6.42 Å². The molecule has 0 aromatic rings. The number of ketones is 1. The maximum Gasteiger partial charge on any atom is 0.145 e. The van der Waals surface area contributed by atoms with Crippen molar-refractivity contribution in [1.29, 1.82) is 0 Å². The van der Waals surface area contributed by atoms with Crippen LogP contribution in [0.3, 0.4) is 0 Å². The molecule has 0 amide bonds. The van der Waals surface area contributed by atoms with Crippen molar-refractivity contribution in [3.8, 4) is 12.3 Å². The molecule has 0 aromatic carbocycles. The SMILES string of the molecule is C#C[C@@]1(O)CC[C@H]2[C@H]3CC[C@@H]4CC(=O)CC[C@@]4(C)[C@]3(F)[C@@H](O)C[C@@]21C. The summed E-state index contributed by atoms with van der Waals surface area (Å²) in [6.07, 6.45) is 8.74. The molecule has 0 saturated heterocycles. The number of carbonyl (C=O) groups is 1. The summed E-state index contributed by atoms with van der Waals surface area (Å²) in [5.74, 6) is 2.49. The summed E-state index contributed by atoms with van der Waals surface area (Å²) in [5.41, 5.74) is -4.27. The van der Waals surface area contributed by atoms with Gasteiger partial charge in [0.05, 0.1) is 6.10 Å². The van der Waals surface area contributed by atoms with E-state index >= 15 is 4.39 Å². The lowest BCUT2D eigenvalue weighted by atomic mass is 9.42. The van der Waals surface area contributed by atoms with Crippen LogP contribution in [0.1, 0.15) is 65.2 Å². The fraction of sp³-hybridized carbons (Fsp3) is 0.857. The van der Waals surface area contributed by atoms with Gasteiger partial charge in [-0.25, -0.2) is 4.39 Å². The molecule has 4 aliphatic rings. The molecule has 0 spiro atoms. The third kappa shape index (κ3) is 1.87. The van der Waals surface area contributed by atoms with Crippen molar-refractivity contribution in [2.75, 3.05) is 0 Å². The standard InChI is InChI=1S/C21H29FO3/c1-4-20(25)10-8-15-16-6-5-13-11-14(23)7-9-18(13,2)21(16,22)17(24)12-19(15,20)3/h1,13,15-17,24-25H,5-12H2,2-3H3/t13-,15+,16-,17+,18-,19+,20-,21-/m1/s1. The molecule has 0 bridgehead atoms. The molecule has 4 saturated carbocycles. The van der Waals surface area contributed by atoms with E-state index in [1.54, 1.807) is 0 Å². The van der Waals surface area contributed by atoms with Crippen LogP contribution in [-0.2, 0) is 4.79 Å². The summed E-state index contributed by atoms with van der Waals surface area (Å²) in [4.78, 5) is 11.9. The third-order valence-electron chi connectivity index (χ3n) is 8.95. The minimum atomic E-state index is -1.69. The lowest BCUT2D eigenvalue weighted by Crippen LogP contribution is -2.70. The predicted molar refractivity (Wildman–Crippen MR) is 92.3 cm³/mol. The first-order valence-electron chi connectivity index (χ1n) is 9.71. The van der Waals surface area contributed by atoms with Crippen LogP contribution < -0.4 is 0 Å². The Morgan fingerprint density at radius 1 is 1.16 bits per heavy atom. The van der Waals surface area contributed by atoms with Gasteiger partial charge in [0.15, 0.2) is 0 Å². The van der Waals surface area contributed by atoms with Crippen LogP contribution in [-0.4, -0.2) is 33.4 Å². The van der Waals surface area contributed by atoms with E-state index in [1.165, 1.54) is 0 Å². The van der Waals surface area contributed by atoms with E-state index in [-0.39, 0.29) is 30.0 Å². The minimum absolute atomic E-state index is 0.0157. The zero-order chi connectivity index (χ0) is 18.3. The average molecular weight is 348 g/mol. The highest BCUT2D eigenvalue weighted by atomic mass is 19.1. The smallest absolute Gasteiger partial charge is 0.145 e. The number of terminal acetylenes is 1. The zero-order valence-electron chi connectivity index (χ0n) is 15.2. The molecule has 0 radical (unpaired) electrons. The summed E-state index contributed by atoms with van der Waals surface area (Å²) in [6, 6.07) is 0. The number of carbonyl (C=O) groups excluding carboxylic acids is 1. The highest BCUT2D eigenvalue weighted by Crippen LogP contribution is 2.70. The number of halogens is 1. The first kappa shape index (κ1) is 17.5. The van der Waals surface area contributed by atoms with Gasteiger partial charge in [-0.1, -0.05) is 19.8 Å².